The molecule has 0 bridgehead atoms. The molecule has 1 fully saturated rings. The fourth-order valence-corrected chi connectivity index (χ4v) is 3.42. The standard InChI is InChI=1S/C18H29N3OS/c1-13-11-17(9-10-20(13)3)21(4)18(22)19-16-8-6-7-15(12-16)14(2)23-5/h6-8,12-14,17H,9-11H2,1-5H3,(H,19,22)/t13-,14+,17-/m0/s1. The van der Waals surface area contributed by atoms with Crippen molar-refractivity contribution in [3.05, 3.63) is 29.8 Å². The highest BCUT2D eigenvalue weighted by Crippen LogP contribution is 2.27. The van der Waals surface area contributed by atoms with E-state index in [0.29, 0.717) is 17.3 Å². The monoisotopic (exact) mass is 335 g/mol. The maximum Gasteiger partial charge on any atom is 0.321 e. The van der Waals surface area contributed by atoms with Crippen molar-refractivity contribution >= 4 is 23.5 Å². The Kier molecular flexibility index (Phi) is 6.36. The van der Waals surface area contributed by atoms with Crippen molar-refractivity contribution in [2.75, 3.05) is 32.2 Å². The van der Waals surface area contributed by atoms with Crippen LogP contribution in [0.15, 0.2) is 24.3 Å². The summed E-state index contributed by atoms with van der Waals surface area (Å²) in [5.41, 5.74) is 2.12. The molecule has 1 aromatic rings. The van der Waals surface area contributed by atoms with E-state index in [1.165, 1.54) is 5.56 Å². The molecule has 1 saturated heterocycles. The maximum atomic E-state index is 12.5. The minimum Gasteiger partial charge on any atom is -0.325 e. The quantitative estimate of drug-likeness (QED) is 0.901. The summed E-state index contributed by atoms with van der Waals surface area (Å²) in [7, 11) is 4.06. The van der Waals surface area contributed by atoms with Crippen LogP contribution in [0.3, 0.4) is 0 Å². The highest BCUT2D eigenvalue weighted by atomic mass is 32.2. The van der Waals surface area contributed by atoms with E-state index in [4.69, 9.17) is 0 Å². The van der Waals surface area contributed by atoms with Crippen LogP contribution in [-0.2, 0) is 0 Å². The summed E-state index contributed by atoms with van der Waals surface area (Å²) >= 11 is 1.81. The minimum atomic E-state index is -0.0132. The molecule has 1 aromatic carbocycles. The van der Waals surface area contributed by atoms with E-state index in [2.05, 4.69) is 49.5 Å². The van der Waals surface area contributed by atoms with Gasteiger partial charge in [-0.15, -0.1) is 0 Å². The van der Waals surface area contributed by atoms with Gasteiger partial charge in [-0.1, -0.05) is 12.1 Å². The van der Waals surface area contributed by atoms with Crippen molar-refractivity contribution in [3.63, 3.8) is 0 Å². The molecule has 1 aliphatic rings. The van der Waals surface area contributed by atoms with Gasteiger partial charge in [-0.3, -0.25) is 0 Å². The Bertz CT molecular complexity index is 537. The zero-order valence-corrected chi connectivity index (χ0v) is 15.7. The van der Waals surface area contributed by atoms with Gasteiger partial charge in [0.05, 0.1) is 0 Å². The van der Waals surface area contributed by atoms with Gasteiger partial charge >= 0.3 is 6.03 Å². The first kappa shape index (κ1) is 18.1. The first-order valence-electron chi connectivity index (χ1n) is 8.29. The molecular weight excluding hydrogens is 306 g/mol. The van der Waals surface area contributed by atoms with Crippen molar-refractivity contribution in [2.45, 2.75) is 44.0 Å². The van der Waals surface area contributed by atoms with Crippen LogP contribution in [-0.4, -0.2) is 54.8 Å². The van der Waals surface area contributed by atoms with Gasteiger partial charge in [0.2, 0.25) is 0 Å². The van der Waals surface area contributed by atoms with Gasteiger partial charge in [0.25, 0.3) is 0 Å². The topological polar surface area (TPSA) is 35.6 Å². The summed E-state index contributed by atoms with van der Waals surface area (Å²) in [6, 6.07) is 8.98. The molecule has 2 amide bonds. The number of anilines is 1. The Morgan fingerprint density at radius 1 is 1.48 bits per heavy atom. The van der Waals surface area contributed by atoms with E-state index in [-0.39, 0.29) is 6.03 Å². The summed E-state index contributed by atoms with van der Waals surface area (Å²) in [5.74, 6) is 0. The van der Waals surface area contributed by atoms with Gasteiger partial charge < -0.3 is 15.1 Å². The lowest BCUT2D eigenvalue weighted by molar-refractivity contribution is 0.120. The molecule has 23 heavy (non-hydrogen) atoms. The molecule has 128 valence electrons. The van der Waals surface area contributed by atoms with Crippen molar-refractivity contribution in [2.24, 2.45) is 0 Å². The number of carbonyl (C=O) groups excluding carboxylic acids is 1. The van der Waals surface area contributed by atoms with Gasteiger partial charge in [0, 0.05) is 36.6 Å². The summed E-state index contributed by atoms with van der Waals surface area (Å²) < 4.78 is 0. The molecule has 5 heteroatoms. The van der Waals surface area contributed by atoms with Crippen LogP contribution in [0.5, 0.6) is 0 Å². The highest BCUT2D eigenvalue weighted by molar-refractivity contribution is 7.98. The number of carbonyl (C=O) groups is 1. The molecule has 1 N–H and O–H groups in total. The van der Waals surface area contributed by atoms with E-state index in [9.17, 15) is 4.79 Å². The molecule has 0 spiro atoms. The normalized spacial score (nSPS) is 23.3. The average Bonchev–Trinajstić information content (AvgIpc) is 2.56. The number of nitrogens with one attached hydrogen (secondary N) is 1. The van der Waals surface area contributed by atoms with Crippen molar-refractivity contribution in [3.8, 4) is 0 Å². The van der Waals surface area contributed by atoms with Gasteiger partial charge in [-0.25, -0.2) is 4.79 Å². The third-order valence-corrected chi connectivity index (χ3v) is 5.99. The van der Waals surface area contributed by atoms with Gasteiger partial charge in [-0.2, -0.15) is 11.8 Å². The molecule has 0 aliphatic carbocycles. The van der Waals surface area contributed by atoms with Crippen LogP contribution < -0.4 is 5.32 Å². The Hall–Kier alpha value is -1.20. The Morgan fingerprint density at radius 3 is 2.87 bits per heavy atom. The molecule has 4 nitrogen and oxygen atoms in total. The largest absolute Gasteiger partial charge is 0.325 e. The second-order valence-electron chi connectivity index (χ2n) is 6.55. The predicted octanol–water partition coefficient (Wildman–Crippen LogP) is 4.06. The molecular formula is C18H29N3OS. The van der Waals surface area contributed by atoms with Gasteiger partial charge in [0.1, 0.15) is 0 Å². The number of amides is 2. The molecule has 0 unspecified atom stereocenters. The van der Waals surface area contributed by atoms with Crippen LogP contribution in [0.25, 0.3) is 0 Å². The molecule has 3 atom stereocenters. The number of urea groups is 1. The maximum absolute atomic E-state index is 12.5. The lowest BCUT2D eigenvalue weighted by atomic mass is 9.98. The predicted molar refractivity (Wildman–Crippen MR) is 100 cm³/mol. The third kappa shape index (κ3) is 4.64. The first-order valence-corrected chi connectivity index (χ1v) is 9.58. The Morgan fingerprint density at radius 2 is 2.22 bits per heavy atom. The minimum absolute atomic E-state index is 0.0132. The smallest absolute Gasteiger partial charge is 0.321 e. The lowest BCUT2D eigenvalue weighted by Crippen LogP contribution is -2.49. The number of rotatable bonds is 4. The Balaban J connectivity index is 1.98. The van der Waals surface area contributed by atoms with Crippen LogP contribution in [0.2, 0.25) is 0 Å². The molecule has 0 saturated carbocycles. The summed E-state index contributed by atoms with van der Waals surface area (Å²) in [5, 5.41) is 3.48. The number of benzene rings is 1. The molecule has 1 heterocycles. The van der Waals surface area contributed by atoms with Gasteiger partial charge in [0.15, 0.2) is 0 Å². The van der Waals surface area contributed by atoms with Gasteiger partial charge in [-0.05, 0) is 57.7 Å². The van der Waals surface area contributed by atoms with E-state index in [1.807, 2.05) is 35.8 Å². The van der Waals surface area contributed by atoms with Crippen molar-refractivity contribution in [1.82, 2.24) is 9.80 Å². The van der Waals surface area contributed by atoms with Crippen LogP contribution in [0.1, 0.15) is 37.5 Å². The number of hydrogen-bond donors (Lipinski definition) is 1. The molecule has 0 radical (unpaired) electrons. The molecule has 2 rings (SSSR count). The van der Waals surface area contributed by atoms with Crippen LogP contribution in [0.4, 0.5) is 10.5 Å². The van der Waals surface area contributed by atoms with Crippen molar-refractivity contribution < 1.29 is 4.79 Å². The Labute approximate surface area is 144 Å². The molecule has 1 aliphatic heterocycles. The van der Waals surface area contributed by atoms with Crippen molar-refractivity contribution in [1.29, 1.82) is 0 Å². The number of hydrogen-bond acceptors (Lipinski definition) is 3. The summed E-state index contributed by atoms with van der Waals surface area (Å²) in [4.78, 5) is 16.8. The highest BCUT2D eigenvalue weighted by Gasteiger charge is 2.28. The number of nitrogens with zero attached hydrogens (tertiary/aromatic N) is 2. The first-order chi connectivity index (χ1) is 10.9. The fourth-order valence-electron chi connectivity index (χ4n) is 3.00. The van der Waals surface area contributed by atoms with E-state index < -0.39 is 0 Å². The SMILES string of the molecule is CS[C@H](C)c1cccc(NC(=O)N(C)[C@H]2CCN(C)[C@@H](C)C2)c1. The average molecular weight is 336 g/mol. The second kappa shape index (κ2) is 8.06. The van der Waals surface area contributed by atoms with Crippen LogP contribution >= 0.6 is 11.8 Å². The van der Waals surface area contributed by atoms with E-state index >= 15 is 0 Å². The third-order valence-electron chi connectivity index (χ3n) is 5.01. The summed E-state index contributed by atoms with van der Waals surface area (Å²) in [6.45, 7) is 5.45. The summed E-state index contributed by atoms with van der Waals surface area (Å²) in [6.07, 6.45) is 4.17. The number of likely N-dealkylation sites (tertiary alicyclic amines) is 1. The molecule has 0 aromatic heterocycles. The number of piperidine rings is 1. The number of thioether (sulfide) groups is 1. The van der Waals surface area contributed by atoms with Crippen LogP contribution in [0, 0.1) is 0 Å². The second-order valence-corrected chi connectivity index (χ2v) is 7.73. The lowest BCUT2D eigenvalue weighted by Gasteiger charge is -2.39. The van der Waals surface area contributed by atoms with E-state index in [1.54, 1.807) is 0 Å². The zero-order chi connectivity index (χ0) is 17.0. The fraction of sp³-hybridized carbons (Fsp3) is 0.611. The van der Waals surface area contributed by atoms with E-state index in [0.717, 1.165) is 25.1 Å². The zero-order valence-electron chi connectivity index (χ0n) is 14.9.